The van der Waals surface area contributed by atoms with Gasteiger partial charge in [0.2, 0.25) is 0 Å². The summed E-state index contributed by atoms with van der Waals surface area (Å²) in [6, 6.07) is 30.4. The number of nitrogens with one attached hydrogen (secondary N) is 1. The van der Waals surface area contributed by atoms with Crippen LogP contribution in [-0.4, -0.2) is 16.7 Å². The summed E-state index contributed by atoms with van der Waals surface area (Å²) in [5.74, 6) is -0.851. The Morgan fingerprint density at radius 2 is 1.15 bits per heavy atom. The van der Waals surface area contributed by atoms with Crippen LogP contribution in [0, 0.1) is 10.1 Å². The highest BCUT2D eigenvalue weighted by atomic mass is 16.6. The molecular weight excluding hydrogens is 418 g/mol. The monoisotopic (exact) mass is 437 g/mol. The van der Waals surface area contributed by atoms with Crippen molar-refractivity contribution >= 4 is 34.6 Å². The normalized spacial score (nSPS) is 10.3. The zero-order valence-corrected chi connectivity index (χ0v) is 17.4. The molecule has 4 rings (SSSR count). The minimum atomic E-state index is -0.513. The summed E-state index contributed by atoms with van der Waals surface area (Å²) < 4.78 is 0. The Morgan fingerprint density at radius 3 is 1.67 bits per heavy atom. The number of rotatable bonds is 6. The summed E-state index contributed by atoms with van der Waals surface area (Å²) in [5.41, 5.74) is 2.06. The highest BCUT2D eigenvalue weighted by Gasteiger charge is 2.24. The van der Waals surface area contributed by atoms with Gasteiger partial charge in [-0.25, -0.2) is 0 Å². The molecule has 0 radical (unpaired) electrons. The third-order valence-corrected chi connectivity index (χ3v) is 4.97. The average Bonchev–Trinajstić information content (AvgIpc) is 2.86. The Morgan fingerprint density at radius 1 is 0.667 bits per heavy atom. The molecule has 0 fully saturated rings. The van der Waals surface area contributed by atoms with Crippen molar-refractivity contribution in [2.75, 3.05) is 10.2 Å². The fraction of sp³-hybridized carbons (Fsp3) is 0. The summed E-state index contributed by atoms with van der Waals surface area (Å²) in [7, 11) is 0. The van der Waals surface area contributed by atoms with E-state index in [1.807, 2.05) is 60.7 Å². The number of non-ortho nitro benzene ring substituents is 1. The number of nitrogens with zero attached hydrogens (tertiary/aromatic N) is 2. The molecule has 7 nitrogen and oxygen atoms in total. The van der Waals surface area contributed by atoms with Gasteiger partial charge in [0.1, 0.15) is 0 Å². The number of hydrogen-bond donors (Lipinski definition) is 1. The van der Waals surface area contributed by atoms with Crippen LogP contribution < -0.4 is 10.2 Å². The van der Waals surface area contributed by atoms with Crippen molar-refractivity contribution in [2.45, 2.75) is 0 Å². The molecule has 0 aliphatic carbocycles. The van der Waals surface area contributed by atoms with E-state index < -0.39 is 10.8 Å². The van der Waals surface area contributed by atoms with Gasteiger partial charge in [-0.05, 0) is 48.5 Å². The van der Waals surface area contributed by atoms with E-state index in [2.05, 4.69) is 5.32 Å². The van der Waals surface area contributed by atoms with Crippen molar-refractivity contribution in [3.63, 3.8) is 0 Å². The molecule has 1 N–H and O–H groups in total. The molecule has 0 atom stereocenters. The smallest absolute Gasteiger partial charge is 0.269 e. The van der Waals surface area contributed by atoms with E-state index in [0.29, 0.717) is 17.1 Å². The first-order valence-corrected chi connectivity index (χ1v) is 10.1. The van der Waals surface area contributed by atoms with Crippen LogP contribution in [0.2, 0.25) is 0 Å². The number of nitro benzene ring substituents is 1. The van der Waals surface area contributed by atoms with Crippen LogP contribution in [0.5, 0.6) is 0 Å². The van der Waals surface area contributed by atoms with Crippen molar-refractivity contribution in [3.8, 4) is 0 Å². The lowest BCUT2D eigenvalue weighted by Gasteiger charge is -2.24. The first-order chi connectivity index (χ1) is 16.0. The summed E-state index contributed by atoms with van der Waals surface area (Å²) in [6.45, 7) is 0. The first kappa shape index (κ1) is 21.5. The van der Waals surface area contributed by atoms with Crippen LogP contribution >= 0.6 is 0 Å². The lowest BCUT2D eigenvalue weighted by Crippen LogP contribution is -2.28. The molecule has 4 aromatic carbocycles. The van der Waals surface area contributed by atoms with Crippen LogP contribution in [0.3, 0.4) is 0 Å². The standard InChI is InChI=1S/C26H19N3O4/c30-25(27-19-15-17-22(18-16-19)29(32)33)23-13-7-8-14-24(23)26(31)28(20-9-3-1-4-10-20)21-11-5-2-6-12-21/h1-18H,(H,27,30). The molecule has 0 aliphatic rings. The molecule has 162 valence electrons. The summed E-state index contributed by atoms with van der Waals surface area (Å²) >= 11 is 0. The van der Waals surface area contributed by atoms with E-state index in [1.54, 1.807) is 29.2 Å². The maximum absolute atomic E-state index is 13.7. The van der Waals surface area contributed by atoms with E-state index in [-0.39, 0.29) is 22.7 Å². The fourth-order valence-electron chi connectivity index (χ4n) is 3.39. The van der Waals surface area contributed by atoms with Crippen molar-refractivity contribution in [1.29, 1.82) is 0 Å². The SMILES string of the molecule is O=C(Nc1ccc([N+](=O)[O-])cc1)c1ccccc1C(=O)N(c1ccccc1)c1ccccc1. The van der Waals surface area contributed by atoms with Crippen LogP contribution in [0.1, 0.15) is 20.7 Å². The van der Waals surface area contributed by atoms with Gasteiger partial charge in [0.05, 0.1) is 16.1 Å². The predicted octanol–water partition coefficient (Wildman–Crippen LogP) is 5.83. The van der Waals surface area contributed by atoms with Crippen LogP contribution in [0.25, 0.3) is 0 Å². The number of carbonyl (C=O) groups is 2. The molecule has 0 bridgehead atoms. The molecule has 7 heteroatoms. The number of hydrogen-bond acceptors (Lipinski definition) is 4. The Bertz CT molecular complexity index is 1250. The lowest BCUT2D eigenvalue weighted by atomic mass is 10.0. The van der Waals surface area contributed by atoms with E-state index in [1.165, 1.54) is 24.3 Å². The van der Waals surface area contributed by atoms with Gasteiger partial charge >= 0.3 is 0 Å². The molecule has 2 amide bonds. The van der Waals surface area contributed by atoms with Gasteiger partial charge in [-0.15, -0.1) is 0 Å². The summed E-state index contributed by atoms with van der Waals surface area (Å²) in [5, 5.41) is 13.6. The Labute approximate surface area is 190 Å². The highest BCUT2D eigenvalue weighted by Crippen LogP contribution is 2.28. The number of amides is 2. The van der Waals surface area contributed by atoms with Crippen LogP contribution in [0.4, 0.5) is 22.7 Å². The van der Waals surface area contributed by atoms with Gasteiger partial charge in [0, 0.05) is 29.2 Å². The number of anilines is 3. The number of benzene rings is 4. The molecule has 33 heavy (non-hydrogen) atoms. The fourth-order valence-corrected chi connectivity index (χ4v) is 3.39. The molecular formula is C26H19N3O4. The minimum Gasteiger partial charge on any atom is -0.322 e. The maximum Gasteiger partial charge on any atom is 0.269 e. The Balaban J connectivity index is 1.68. The zero-order valence-electron chi connectivity index (χ0n) is 17.4. The predicted molar refractivity (Wildman–Crippen MR) is 127 cm³/mol. The van der Waals surface area contributed by atoms with Gasteiger partial charge in [-0.1, -0.05) is 48.5 Å². The number of carbonyl (C=O) groups excluding carboxylic acids is 2. The van der Waals surface area contributed by atoms with E-state index in [4.69, 9.17) is 0 Å². The van der Waals surface area contributed by atoms with Gasteiger partial charge < -0.3 is 5.32 Å². The molecule has 0 unspecified atom stereocenters. The van der Waals surface area contributed by atoms with Gasteiger partial charge in [-0.3, -0.25) is 24.6 Å². The summed E-state index contributed by atoms with van der Waals surface area (Å²) in [6.07, 6.45) is 0. The highest BCUT2D eigenvalue weighted by molar-refractivity contribution is 6.18. The number of para-hydroxylation sites is 2. The van der Waals surface area contributed by atoms with E-state index >= 15 is 0 Å². The minimum absolute atomic E-state index is 0.0788. The molecule has 0 aromatic heterocycles. The zero-order chi connectivity index (χ0) is 23.2. The van der Waals surface area contributed by atoms with Crippen molar-refractivity contribution in [2.24, 2.45) is 0 Å². The third-order valence-electron chi connectivity index (χ3n) is 4.97. The largest absolute Gasteiger partial charge is 0.322 e. The Hall–Kier alpha value is -4.78. The molecule has 4 aromatic rings. The molecule has 0 heterocycles. The van der Waals surface area contributed by atoms with Crippen molar-refractivity contribution in [3.05, 3.63) is 130 Å². The topological polar surface area (TPSA) is 92.5 Å². The lowest BCUT2D eigenvalue weighted by molar-refractivity contribution is -0.384. The van der Waals surface area contributed by atoms with Gasteiger partial charge in [-0.2, -0.15) is 0 Å². The second-order valence-corrected chi connectivity index (χ2v) is 7.12. The van der Waals surface area contributed by atoms with Gasteiger partial charge in [0.15, 0.2) is 0 Å². The summed E-state index contributed by atoms with van der Waals surface area (Å²) in [4.78, 5) is 38.6. The van der Waals surface area contributed by atoms with Crippen LogP contribution in [0.15, 0.2) is 109 Å². The first-order valence-electron chi connectivity index (χ1n) is 10.1. The second-order valence-electron chi connectivity index (χ2n) is 7.12. The van der Waals surface area contributed by atoms with E-state index in [0.717, 1.165) is 0 Å². The average molecular weight is 437 g/mol. The third kappa shape index (κ3) is 4.77. The van der Waals surface area contributed by atoms with Gasteiger partial charge in [0.25, 0.3) is 17.5 Å². The molecule has 0 saturated heterocycles. The van der Waals surface area contributed by atoms with E-state index in [9.17, 15) is 19.7 Å². The molecule has 0 spiro atoms. The number of nitro groups is 1. The van der Waals surface area contributed by atoms with Crippen LogP contribution in [-0.2, 0) is 0 Å². The maximum atomic E-state index is 13.7. The second kappa shape index (κ2) is 9.57. The van der Waals surface area contributed by atoms with Crippen molar-refractivity contribution in [1.82, 2.24) is 0 Å². The van der Waals surface area contributed by atoms with Crippen molar-refractivity contribution < 1.29 is 14.5 Å². The Kier molecular flexibility index (Phi) is 6.22. The molecule has 0 saturated carbocycles. The molecule has 0 aliphatic heterocycles. The quantitative estimate of drug-likeness (QED) is 0.304.